The standard InChI is InChI=1S/C20H16Cl3N3O2/c1-11-8-13(21)9-14(20(28)24-2)17(11)25-19(27)12-6-7-26(10-12)18-15(22)4-3-5-16(18)23/h3-10H,1-2H3,(H,24,28)(H,25,27). The molecular weight excluding hydrogens is 421 g/mol. The molecule has 0 saturated carbocycles. The van der Waals surface area contributed by atoms with Crippen molar-refractivity contribution in [2.24, 2.45) is 0 Å². The average Bonchev–Trinajstić information content (AvgIpc) is 3.12. The summed E-state index contributed by atoms with van der Waals surface area (Å²) in [5.41, 5.74) is 2.33. The molecule has 0 fully saturated rings. The van der Waals surface area contributed by atoms with Crippen molar-refractivity contribution in [1.82, 2.24) is 9.88 Å². The van der Waals surface area contributed by atoms with E-state index < -0.39 is 0 Å². The summed E-state index contributed by atoms with van der Waals surface area (Å²) < 4.78 is 1.67. The van der Waals surface area contributed by atoms with Gasteiger partial charge < -0.3 is 15.2 Å². The summed E-state index contributed by atoms with van der Waals surface area (Å²) in [4.78, 5) is 24.9. The number of benzene rings is 2. The monoisotopic (exact) mass is 435 g/mol. The highest BCUT2D eigenvalue weighted by atomic mass is 35.5. The summed E-state index contributed by atoms with van der Waals surface area (Å²) in [5, 5.41) is 6.68. The van der Waals surface area contributed by atoms with Crippen LogP contribution in [-0.4, -0.2) is 23.4 Å². The van der Waals surface area contributed by atoms with Crippen LogP contribution in [0.5, 0.6) is 0 Å². The van der Waals surface area contributed by atoms with Crippen molar-refractivity contribution in [2.45, 2.75) is 6.92 Å². The third-order valence-electron chi connectivity index (χ3n) is 4.16. The maximum absolute atomic E-state index is 12.8. The lowest BCUT2D eigenvalue weighted by atomic mass is 10.1. The Kier molecular flexibility index (Phi) is 5.98. The number of halogens is 3. The van der Waals surface area contributed by atoms with Gasteiger partial charge in [-0.25, -0.2) is 0 Å². The number of hydrogen-bond acceptors (Lipinski definition) is 2. The number of para-hydroxylation sites is 1. The Morgan fingerprint density at radius 3 is 2.32 bits per heavy atom. The van der Waals surface area contributed by atoms with Gasteiger partial charge in [0, 0.05) is 24.5 Å². The molecule has 0 aliphatic carbocycles. The number of rotatable bonds is 4. The number of aryl methyl sites for hydroxylation is 1. The first-order valence-electron chi connectivity index (χ1n) is 8.27. The van der Waals surface area contributed by atoms with E-state index in [-0.39, 0.29) is 17.4 Å². The van der Waals surface area contributed by atoms with Crippen LogP contribution in [0.3, 0.4) is 0 Å². The van der Waals surface area contributed by atoms with Crippen LogP contribution in [0, 0.1) is 6.92 Å². The van der Waals surface area contributed by atoms with E-state index in [1.807, 2.05) is 0 Å². The quantitative estimate of drug-likeness (QED) is 0.578. The molecule has 0 bridgehead atoms. The van der Waals surface area contributed by atoms with Gasteiger partial charge in [-0.15, -0.1) is 0 Å². The molecule has 2 N–H and O–H groups in total. The second-order valence-electron chi connectivity index (χ2n) is 6.06. The lowest BCUT2D eigenvalue weighted by Crippen LogP contribution is -2.22. The minimum Gasteiger partial charge on any atom is -0.355 e. The highest BCUT2D eigenvalue weighted by molar-refractivity contribution is 6.37. The molecule has 8 heteroatoms. The molecule has 3 aromatic rings. The van der Waals surface area contributed by atoms with Crippen LogP contribution >= 0.6 is 34.8 Å². The van der Waals surface area contributed by atoms with Gasteiger partial charge in [-0.1, -0.05) is 40.9 Å². The minimum atomic E-state index is -0.377. The highest BCUT2D eigenvalue weighted by Gasteiger charge is 2.18. The molecule has 2 amide bonds. The van der Waals surface area contributed by atoms with Crippen molar-refractivity contribution in [3.05, 3.63) is 80.6 Å². The van der Waals surface area contributed by atoms with Crippen LogP contribution < -0.4 is 10.6 Å². The summed E-state index contributed by atoms with van der Waals surface area (Å²) in [6.07, 6.45) is 3.31. The SMILES string of the molecule is CNC(=O)c1cc(Cl)cc(C)c1NC(=O)c1ccn(-c2c(Cl)cccc2Cl)c1. The zero-order valence-electron chi connectivity index (χ0n) is 15.0. The number of aromatic nitrogens is 1. The molecule has 0 aliphatic rings. The van der Waals surface area contributed by atoms with Crippen LogP contribution in [0.1, 0.15) is 26.3 Å². The molecule has 1 heterocycles. The normalized spacial score (nSPS) is 10.6. The molecule has 28 heavy (non-hydrogen) atoms. The topological polar surface area (TPSA) is 63.1 Å². The predicted molar refractivity (Wildman–Crippen MR) is 113 cm³/mol. The Hall–Kier alpha value is -2.47. The van der Waals surface area contributed by atoms with Gasteiger partial charge in [0.25, 0.3) is 11.8 Å². The van der Waals surface area contributed by atoms with E-state index in [1.54, 1.807) is 54.2 Å². The number of nitrogens with one attached hydrogen (secondary N) is 2. The van der Waals surface area contributed by atoms with Gasteiger partial charge in [0.1, 0.15) is 0 Å². The molecule has 0 unspecified atom stereocenters. The fourth-order valence-electron chi connectivity index (χ4n) is 2.81. The van der Waals surface area contributed by atoms with Crippen molar-refractivity contribution in [2.75, 3.05) is 12.4 Å². The lowest BCUT2D eigenvalue weighted by molar-refractivity contribution is 0.0964. The van der Waals surface area contributed by atoms with Crippen molar-refractivity contribution in [1.29, 1.82) is 0 Å². The summed E-state index contributed by atoms with van der Waals surface area (Å²) in [5.74, 6) is -0.723. The number of carbonyl (C=O) groups excluding carboxylic acids is 2. The van der Waals surface area contributed by atoms with E-state index >= 15 is 0 Å². The lowest BCUT2D eigenvalue weighted by Gasteiger charge is -2.13. The number of nitrogens with zero attached hydrogens (tertiary/aromatic N) is 1. The van der Waals surface area contributed by atoms with Crippen molar-refractivity contribution < 1.29 is 9.59 Å². The third kappa shape index (κ3) is 4.02. The molecule has 0 saturated heterocycles. The van der Waals surface area contributed by atoms with Gasteiger partial charge in [0.05, 0.1) is 32.5 Å². The van der Waals surface area contributed by atoms with Crippen LogP contribution in [-0.2, 0) is 0 Å². The zero-order valence-corrected chi connectivity index (χ0v) is 17.3. The molecule has 144 valence electrons. The van der Waals surface area contributed by atoms with Crippen molar-refractivity contribution in [3.63, 3.8) is 0 Å². The van der Waals surface area contributed by atoms with Crippen LogP contribution in [0.4, 0.5) is 5.69 Å². The number of amides is 2. The number of carbonyl (C=O) groups is 2. The molecule has 2 aromatic carbocycles. The molecule has 0 atom stereocenters. The smallest absolute Gasteiger partial charge is 0.257 e. The van der Waals surface area contributed by atoms with Crippen LogP contribution in [0.25, 0.3) is 5.69 Å². The van der Waals surface area contributed by atoms with Gasteiger partial charge >= 0.3 is 0 Å². The fourth-order valence-corrected chi connectivity index (χ4v) is 3.68. The molecule has 1 aromatic heterocycles. The second kappa shape index (κ2) is 8.27. The van der Waals surface area contributed by atoms with Crippen molar-refractivity contribution >= 4 is 52.3 Å². The molecule has 3 rings (SSSR count). The van der Waals surface area contributed by atoms with Gasteiger partial charge in [-0.3, -0.25) is 9.59 Å². The third-order valence-corrected chi connectivity index (χ3v) is 4.99. The summed E-state index contributed by atoms with van der Waals surface area (Å²) in [6.45, 7) is 1.77. The van der Waals surface area contributed by atoms with E-state index in [1.165, 1.54) is 13.1 Å². The number of hydrogen-bond donors (Lipinski definition) is 2. The minimum absolute atomic E-state index is 0.287. The van der Waals surface area contributed by atoms with E-state index in [2.05, 4.69) is 10.6 Å². The van der Waals surface area contributed by atoms with Crippen LogP contribution in [0.15, 0.2) is 48.8 Å². The first kappa shape index (κ1) is 20.3. The second-order valence-corrected chi connectivity index (χ2v) is 7.31. The Morgan fingerprint density at radius 1 is 1.00 bits per heavy atom. The van der Waals surface area contributed by atoms with Crippen molar-refractivity contribution in [3.8, 4) is 5.69 Å². The van der Waals surface area contributed by atoms with Gasteiger partial charge in [0.15, 0.2) is 0 Å². The van der Waals surface area contributed by atoms with Gasteiger partial charge in [-0.2, -0.15) is 0 Å². The van der Waals surface area contributed by atoms with E-state index in [4.69, 9.17) is 34.8 Å². The summed E-state index contributed by atoms with van der Waals surface area (Å²) in [7, 11) is 1.51. The Morgan fingerprint density at radius 2 is 1.68 bits per heavy atom. The first-order valence-corrected chi connectivity index (χ1v) is 9.41. The maximum atomic E-state index is 12.8. The molecule has 0 radical (unpaired) electrons. The molecule has 0 aliphatic heterocycles. The largest absolute Gasteiger partial charge is 0.355 e. The fraction of sp³-hybridized carbons (Fsp3) is 0.100. The Labute approximate surface area is 177 Å². The van der Waals surface area contributed by atoms with E-state index in [0.29, 0.717) is 37.6 Å². The first-order chi connectivity index (χ1) is 13.3. The zero-order chi connectivity index (χ0) is 20.4. The predicted octanol–water partition coefficient (Wildman–Crippen LogP) is 5.36. The van der Waals surface area contributed by atoms with E-state index in [9.17, 15) is 9.59 Å². The molecular formula is C20H16Cl3N3O2. The molecule has 0 spiro atoms. The number of anilines is 1. The highest BCUT2D eigenvalue weighted by Crippen LogP contribution is 2.29. The van der Waals surface area contributed by atoms with E-state index in [0.717, 1.165) is 0 Å². The molecule has 5 nitrogen and oxygen atoms in total. The van der Waals surface area contributed by atoms with Crippen LogP contribution in [0.2, 0.25) is 15.1 Å². The Bertz CT molecular complexity index is 1060. The maximum Gasteiger partial charge on any atom is 0.257 e. The summed E-state index contributed by atoms with van der Waals surface area (Å²) >= 11 is 18.5. The average molecular weight is 437 g/mol. The van der Waals surface area contributed by atoms with Gasteiger partial charge in [0.2, 0.25) is 0 Å². The Balaban J connectivity index is 1.94. The summed E-state index contributed by atoms with van der Waals surface area (Å²) in [6, 6.07) is 10.0. The van der Waals surface area contributed by atoms with Gasteiger partial charge in [-0.05, 0) is 42.8 Å².